The SMILES string of the molecule is O=S(=O)(Cc1cccnc1C(F)(F)F)Nc1c(F)cc(Oc2ncccc2-c2ccnc(NC3CNC[C@@H](F)C3)n2)c(F)c1F. The van der Waals surface area contributed by atoms with Crippen molar-refractivity contribution in [2.45, 2.75) is 30.6 Å². The van der Waals surface area contributed by atoms with Crippen molar-refractivity contribution in [3.05, 3.63) is 83.7 Å². The van der Waals surface area contributed by atoms with Crippen molar-refractivity contribution in [2.24, 2.45) is 0 Å². The molecule has 238 valence electrons. The topological polar surface area (TPSA) is 131 Å². The van der Waals surface area contributed by atoms with Crippen molar-refractivity contribution >= 4 is 21.7 Å². The Hall–Kier alpha value is -4.58. The number of piperidine rings is 1. The van der Waals surface area contributed by atoms with Crippen LogP contribution in [0.15, 0.2) is 55.0 Å². The van der Waals surface area contributed by atoms with Gasteiger partial charge in [0.05, 0.1) is 17.0 Å². The molecule has 0 spiro atoms. The zero-order valence-corrected chi connectivity index (χ0v) is 23.6. The molecular formula is C27H22F7N7O3S. The number of alkyl halides is 4. The Morgan fingerprint density at radius 1 is 0.978 bits per heavy atom. The van der Waals surface area contributed by atoms with Gasteiger partial charge in [0.2, 0.25) is 27.7 Å². The van der Waals surface area contributed by atoms with Crippen molar-refractivity contribution in [3.63, 3.8) is 0 Å². The number of rotatable bonds is 9. The highest BCUT2D eigenvalue weighted by atomic mass is 32.2. The Bertz CT molecular complexity index is 1810. The average Bonchev–Trinajstić information content (AvgIpc) is 2.98. The Morgan fingerprint density at radius 3 is 2.49 bits per heavy atom. The van der Waals surface area contributed by atoms with Crippen LogP contribution in [-0.2, 0) is 22.0 Å². The molecule has 1 aromatic carbocycles. The van der Waals surface area contributed by atoms with E-state index in [1.165, 1.54) is 35.3 Å². The summed E-state index contributed by atoms with van der Waals surface area (Å²) in [6.45, 7) is 0.699. The average molecular weight is 658 g/mol. The van der Waals surface area contributed by atoms with Crippen LogP contribution in [0.4, 0.5) is 42.4 Å². The van der Waals surface area contributed by atoms with Gasteiger partial charge in [0.25, 0.3) is 0 Å². The van der Waals surface area contributed by atoms with Gasteiger partial charge in [0, 0.05) is 50.2 Å². The van der Waals surface area contributed by atoms with Gasteiger partial charge in [-0.3, -0.25) is 9.71 Å². The summed E-state index contributed by atoms with van der Waals surface area (Å²) >= 11 is 0. The number of benzene rings is 1. The van der Waals surface area contributed by atoms with Gasteiger partial charge in [-0.1, -0.05) is 6.07 Å². The fourth-order valence-corrected chi connectivity index (χ4v) is 5.69. The number of halogens is 7. The molecular weight excluding hydrogens is 635 g/mol. The molecule has 1 aliphatic rings. The summed E-state index contributed by atoms with van der Waals surface area (Å²) in [5.41, 5.74) is -3.43. The quantitative estimate of drug-likeness (QED) is 0.164. The summed E-state index contributed by atoms with van der Waals surface area (Å²) in [6, 6.07) is 6.32. The first-order valence-corrected chi connectivity index (χ1v) is 14.7. The number of hydrogen-bond acceptors (Lipinski definition) is 9. The molecule has 5 rings (SSSR count). The van der Waals surface area contributed by atoms with E-state index >= 15 is 4.39 Å². The van der Waals surface area contributed by atoms with Crippen LogP contribution >= 0.6 is 0 Å². The second-order valence-electron chi connectivity index (χ2n) is 9.79. The van der Waals surface area contributed by atoms with E-state index in [4.69, 9.17) is 4.74 Å². The Labute approximate surface area is 251 Å². The largest absolute Gasteiger partial charge is 0.435 e. The number of aromatic nitrogens is 4. The van der Waals surface area contributed by atoms with Crippen LogP contribution < -0.4 is 20.1 Å². The summed E-state index contributed by atoms with van der Waals surface area (Å²) in [6.07, 6.45) is -2.41. The molecule has 4 heterocycles. The van der Waals surface area contributed by atoms with Gasteiger partial charge in [-0.2, -0.15) is 17.6 Å². The van der Waals surface area contributed by atoms with Gasteiger partial charge >= 0.3 is 6.18 Å². The molecule has 2 atom stereocenters. The molecule has 0 saturated carbocycles. The predicted octanol–water partition coefficient (Wildman–Crippen LogP) is 5.22. The van der Waals surface area contributed by atoms with Gasteiger partial charge in [0.1, 0.15) is 17.6 Å². The standard InChI is InChI=1S/C27H22F7N7O3S/c28-15-9-16(12-35-11-15)39-26-38-8-5-19(40-26)17-4-2-7-37-25(17)44-20-10-18(29)23(22(31)21(20)30)41-45(42,43)13-14-3-1-6-36-24(14)27(32,33)34/h1-8,10,15-16,35,41H,9,11-13H2,(H,38,39,40)/t15-,16?/m0/s1. The molecule has 10 nitrogen and oxygen atoms in total. The molecule has 1 unspecified atom stereocenters. The molecule has 1 saturated heterocycles. The van der Waals surface area contributed by atoms with Crippen LogP contribution in [0, 0.1) is 17.5 Å². The van der Waals surface area contributed by atoms with E-state index in [2.05, 4.69) is 30.6 Å². The van der Waals surface area contributed by atoms with Crippen LogP contribution in [0.1, 0.15) is 17.7 Å². The number of pyridine rings is 2. The maximum atomic E-state index is 15.1. The maximum absolute atomic E-state index is 15.1. The van der Waals surface area contributed by atoms with Crippen molar-refractivity contribution in [2.75, 3.05) is 23.1 Å². The van der Waals surface area contributed by atoms with E-state index in [9.17, 15) is 34.8 Å². The second-order valence-corrected chi connectivity index (χ2v) is 11.5. The molecule has 1 aliphatic heterocycles. The zero-order chi connectivity index (χ0) is 32.4. The highest BCUT2D eigenvalue weighted by Gasteiger charge is 2.36. The van der Waals surface area contributed by atoms with E-state index in [1.54, 1.807) is 0 Å². The number of nitrogens with one attached hydrogen (secondary N) is 3. The third-order valence-corrected chi connectivity index (χ3v) is 7.63. The lowest BCUT2D eigenvalue weighted by atomic mass is 10.1. The molecule has 3 aromatic heterocycles. The summed E-state index contributed by atoms with van der Waals surface area (Å²) in [7, 11) is -4.90. The van der Waals surface area contributed by atoms with Crippen molar-refractivity contribution in [1.82, 2.24) is 25.3 Å². The van der Waals surface area contributed by atoms with Crippen LogP contribution in [-0.4, -0.2) is 53.7 Å². The molecule has 4 aromatic rings. The number of anilines is 2. The predicted molar refractivity (Wildman–Crippen MR) is 147 cm³/mol. The minimum Gasteiger partial charge on any atom is -0.435 e. The third-order valence-electron chi connectivity index (χ3n) is 6.43. The molecule has 45 heavy (non-hydrogen) atoms. The number of ether oxygens (including phenoxy) is 1. The molecule has 1 fully saturated rings. The van der Waals surface area contributed by atoms with Crippen molar-refractivity contribution in [3.8, 4) is 22.9 Å². The van der Waals surface area contributed by atoms with Crippen LogP contribution in [0.5, 0.6) is 11.6 Å². The molecule has 0 radical (unpaired) electrons. The first-order valence-electron chi connectivity index (χ1n) is 13.1. The Kier molecular flexibility index (Phi) is 9.06. The van der Waals surface area contributed by atoms with E-state index in [-0.39, 0.29) is 42.1 Å². The summed E-state index contributed by atoms with van der Waals surface area (Å²) in [4.78, 5) is 15.6. The van der Waals surface area contributed by atoms with Gasteiger partial charge in [-0.05, 0) is 29.8 Å². The fourth-order valence-electron chi connectivity index (χ4n) is 4.48. The summed E-state index contributed by atoms with van der Waals surface area (Å²) in [5, 5.41) is 5.94. The first-order chi connectivity index (χ1) is 21.3. The van der Waals surface area contributed by atoms with Gasteiger partial charge in [0.15, 0.2) is 17.4 Å². The first kappa shape index (κ1) is 31.8. The Morgan fingerprint density at radius 2 is 1.73 bits per heavy atom. The van der Waals surface area contributed by atoms with Gasteiger partial charge in [-0.15, -0.1) is 0 Å². The van der Waals surface area contributed by atoms with Gasteiger partial charge < -0.3 is 15.4 Å². The summed E-state index contributed by atoms with van der Waals surface area (Å²) < 4.78 is 130. The van der Waals surface area contributed by atoms with E-state index in [0.717, 1.165) is 18.3 Å². The van der Waals surface area contributed by atoms with E-state index in [1.807, 2.05) is 0 Å². The van der Waals surface area contributed by atoms with Gasteiger partial charge in [-0.25, -0.2) is 36.5 Å². The lowest BCUT2D eigenvalue weighted by molar-refractivity contribution is -0.141. The van der Waals surface area contributed by atoms with E-state index < -0.39 is 68.3 Å². The summed E-state index contributed by atoms with van der Waals surface area (Å²) in [5.74, 6) is -8.06. The number of nitrogens with zero attached hydrogens (tertiary/aromatic N) is 4. The second kappa shape index (κ2) is 12.8. The van der Waals surface area contributed by atoms with Crippen molar-refractivity contribution < 1.29 is 43.9 Å². The van der Waals surface area contributed by atoms with Crippen LogP contribution in [0.3, 0.4) is 0 Å². The minimum absolute atomic E-state index is 0.136. The molecule has 0 bridgehead atoms. The number of sulfonamides is 1. The normalized spacial score (nSPS) is 17.1. The molecule has 18 heteroatoms. The Balaban J connectivity index is 1.38. The van der Waals surface area contributed by atoms with Crippen LogP contribution in [0.2, 0.25) is 0 Å². The highest BCUT2D eigenvalue weighted by Crippen LogP contribution is 2.36. The third kappa shape index (κ3) is 7.56. The van der Waals surface area contributed by atoms with Crippen molar-refractivity contribution in [1.29, 1.82) is 0 Å². The maximum Gasteiger partial charge on any atom is 0.433 e. The molecule has 3 N–H and O–H groups in total. The molecule has 0 aliphatic carbocycles. The minimum atomic E-state index is -5.01. The smallest absolute Gasteiger partial charge is 0.433 e. The molecule has 0 amide bonds. The lowest BCUT2D eigenvalue weighted by Gasteiger charge is -2.26. The zero-order valence-electron chi connectivity index (χ0n) is 22.7. The van der Waals surface area contributed by atoms with E-state index in [0.29, 0.717) is 12.6 Å². The number of hydrogen-bond donors (Lipinski definition) is 3. The van der Waals surface area contributed by atoms with Crippen LogP contribution in [0.25, 0.3) is 11.3 Å². The fraction of sp³-hybridized carbons (Fsp3) is 0.259. The highest BCUT2D eigenvalue weighted by molar-refractivity contribution is 7.91. The lowest BCUT2D eigenvalue weighted by Crippen LogP contribution is -2.44. The monoisotopic (exact) mass is 657 g/mol.